The Morgan fingerprint density at radius 3 is 2.39 bits per heavy atom. The number of carboxylic acid groups (broad SMARTS) is 1. The summed E-state index contributed by atoms with van der Waals surface area (Å²) < 4.78 is 6.34. The van der Waals surface area contributed by atoms with Crippen LogP contribution in [0.4, 0.5) is 5.69 Å². The van der Waals surface area contributed by atoms with Crippen molar-refractivity contribution in [3.05, 3.63) is 70.1 Å². The maximum atomic E-state index is 12.8. The van der Waals surface area contributed by atoms with Gasteiger partial charge in [-0.2, -0.15) is 0 Å². The van der Waals surface area contributed by atoms with E-state index in [1.54, 1.807) is 0 Å². The van der Waals surface area contributed by atoms with Crippen LogP contribution in [0.2, 0.25) is 0 Å². The summed E-state index contributed by atoms with van der Waals surface area (Å²) in [5.41, 5.74) is 4.35. The number of carbonyl (C=O) groups excluding carboxylic acids is 4. The summed E-state index contributed by atoms with van der Waals surface area (Å²) in [6.45, 7) is 9.07. The van der Waals surface area contributed by atoms with Crippen LogP contribution < -0.4 is 15.8 Å². The Balaban J connectivity index is 1.75. The molecule has 0 aromatic heterocycles. The highest BCUT2D eigenvalue weighted by molar-refractivity contribution is 6.09. The normalized spacial score (nSPS) is 13.9. The Morgan fingerprint density at radius 2 is 1.73 bits per heavy atom. The summed E-state index contributed by atoms with van der Waals surface area (Å²) in [7, 11) is 0. The number of aryl methyl sites for hydroxylation is 2. The third kappa shape index (κ3) is 5.04. The van der Waals surface area contributed by atoms with Crippen LogP contribution in [0.3, 0.4) is 0 Å². The van der Waals surface area contributed by atoms with Gasteiger partial charge in [0.1, 0.15) is 11.3 Å². The number of anilines is 1. The topological polar surface area (TPSA) is 141 Å². The fourth-order valence-corrected chi connectivity index (χ4v) is 5.05. The van der Waals surface area contributed by atoms with E-state index in [9.17, 15) is 24.3 Å². The lowest BCUT2D eigenvalue weighted by molar-refractivity contribution is -0.255. The second kappa shape index (κ2) is 10.9. The quantitative estimate of drug-likeness (QED) is 0.269. The van der Waals surface area contributed by atoms with Gasteiger partial charge in [0.2, 0.25) is 0 Å². The number of benzene rings is 3. The van der Waals surface area contributed by atoms with Gasteiger partial charge in [-0.25, -0.2) is 4.79 Å². The third-order valence-corrected chi connectivity index (χ3v) is 7.00. The average molecular weight is 555 g/mol. The highest BCUT2D eigenvalue weighted by Gasteiger charge is 2.33. The highest BCUT2D eigenvalue weighted by atomic mass is 16.7. The van der Waals surface area contributed by atoms with Gasteiger partial charge in [0.15, 0.2) is 0 Å². The molecule has 1 fully saturated rings. The molecule has 2 aromatic carbocycles. The monoisotopic (exact) mass is 554 g/mol. The van der Waals surface area contributed by atoms with Crippen molar-refractivity contribution in [2.75, 3.05) is 18.4 Å². The smallest absolute Gasteiger partial charge is 0.363 e. The van der Waals surface area contributed by atoms with Gasteiger partial charge in [-0.05, 0) is 68.7 Å². The Kier molecular flexibility index (Phi) is 7.32. The first-order valence-corrected chi connectivity index (χ1v) is 13.3. The molecule has 210 valence electrons. The van der Waals surface area contributed by atoms with Gasteiger partial charge in [0.05, 0.1) is 16.9 Å². The van der Waals surface area contributed by atoms with Crippen molar-refractivity contribution >= 4 is 40.4 Å². The number of hydroxylamine groups is 2. The SMILES string of the molecule is CCN=c1cc2oc3cc(NCC)c(C)cc3c(-c3ccc(C(=O)ON4C(=O)CCC4=O)cc3C(=O)[O-])c-2cc1C. The van der Waals surface area contributed by atoms with Crippen molar-refractivity contribution in [3.8, 4) is 22.5 Å². The van der Waals surface area contributed by atoms with E-state index in [4.69, 9.17) is 9.25 Å². The number of imide groups is 1. The molecule has 0 spiro atoms. The van der Waals surface area contributed by atoms with Crippen molar-refractivity contribution in [2.24, 2.45) is 4.99 Å². The van der Waals surface area contributed by atoms with Crippen LogP contribution in [0.25, 0.3) is 33.4 Å². The number of amides is 2. The predicted octanol–water partition coefficient (Wildman–Crippen LogP) is 3.76. The number of carboxylic acids is 1. The number of fused-ring (bicyclic) bond motifs is 2. The van der Waals surface area contributed by atoms with E-state index >= 15 is 0 Å². The van der Waals surface area contributed by atoms with Crippen molar-refractivity contribution < 1.29 is 33.5 Å². The number of rotatable bonds is 7. The molecule has 2 heterocycles. The van der Waals surface area contributed by atoms with E-state index in [0.29, 0.717) is 51.6 Å². The maximum Gasteiger partial charge on any atom is 0.363 e. The Bertz CT molecular complexity index is 1770. The Labute approximate surface area is 235 Å². The molecule has 1 N–H and O–H groups in total. The summed E-state index contributed by atoms with van der Waals surface area (Å²) in [4.78, 5) is 58.6. The van der Waals surface area contributed by atoms with Crippen LogP contribution in [-0.2, 0) is 14.4 Å². The lowest BCUT2D eigenvalue weighted by Gasteiger charge is -2.21. The standard InChI is InChI=1S/C31H29N3O7/c1-5-32-23-14-25-21(11-16(23)3)29(22-12-17(4)24(33-6-2)15-26(22)40-25)19-8-7-18(13-20(19)30(37)38)31(39)41-34-27(35)9-10-28(34)36/h7-8,11-15,32H,5-6,9-10H2,1-4H3,(H,37,38)/p-1. The minimum atomic E-state index is -1.51. The largest absolute Gasteiger partial charge is 0.545 e. The molecular weight excluding hydrogens is 526 g/mol. The zero-order valence-corrected chi connectivity index (χ0v) is 23.1. The number of hydrogen-bond acceptors (Lipinski definition) is 9. The summed E-state index contributed by atoms with van der Waals surface area (Å²) >= 11 is 0. The van der Waals surface area contributed by atoms with E-state index < -0.39 is 23.8 Å². The summed E-state index contributed by atoms with van der Waals surface area (Å²) in [5.74, 6) is -3.31. The summed E-state index contributed by atoms with van der Waals surface area (Å²) in [6.07, 6.45) is -0.119. The maximum absolute atomic E-state index is 12.8. The molecule has 2 aliphatic heterocycles. The number of hydrogen-bond donors (Lipinski definition) is 1. The molecule has 41 heavy (non-hydrogen) atoms. The second-order valence-corrected chi connectivity index (χ2v) is 9.79. The molecule has 0 radical (unpaired) electrons. The molecule has 1 saturated heterocycles. The van der Waals surface area contributed by atoms with Crippen molar-refractivity contribution in [2.45, 2.75) is 40.5 Å². The fraction of sp³-hybridized carbons (Fsp3) is 0.258. The molecule has 0 atom stereocenters. The fourth-order valence-electron chi connectivity index (χ4n) is 5.05. The van der Waals surface area contributed by atoms with Gasteiger partial charge in [-0.1, -0.05) is 6.07 Å². The van der Waals surface area contributed by atoms with Crippen molar-refractivity contribution in [3.63, 3.8) is 0 Å². The van der Waals surface area contributed by atoms with Crippen LogP contribution in [0, 0.1) is 13.8 Å². The lowest BCUT2D eigenvalue weighted by Crippen LogP contribution is -2.32. The molecule has 1 aliphatic carbocycles. The second-order valence-electron chi connectivity index (χ2n) is 9.79. The van der Waals surface area contributed by atoms with Gasteiger partial charge in [-0.15, -0.1) is 5.06 Å². The van der Waals surface area contributed by atoms with Crippen molar-refractivity contribution in [1.82, 2.24) is 5.06 Å². The molecule has 2 amide bonds. The number of carbonyl (C=O) groups is 4. The van der Waals surface area contributed by atoms with Gasteiger partial charge in [0, 0.05) is 65.8 Å². The van der Waals surface area contributed by atoms with Crippen LogP contribution >= 0.6 is 0 Å². The van der Waals surface area contributed by atoms with Crippen LogP contribution in [0.1, 0.15) is 58.5 Å². The molecule has 3 aliphatic rings. The van der Waals surface area contributed by atoms with Gasteiger partial charge < -0.3 is 24.5 Å². The van der Waals surface area contributed by atoms with E-state index in [0.717, 1.165) is 28.2 Å². The molecule has 0 saturated carbocycles. The van der Waals surface area contributed by atoms with Gasteiger partial charge in [0.25, 0.3) is 11.8 Å². The Hall–Kier alpha value is -4.99. The highest BCUT2D eigenvalue weighted by Crippen LogP contribution is 2.43. The molecule has 10 heteroatoms. The summed E-state index contributed by atoms with van der Waals surface area (Å²) in [6, 6.07) is 11.6. The first kappa shape index (κ1) is 27.6. The zero-order chi connectivity index (χ0) is 29.4. The molecule has 5 rings (SSSR count). The Morgan fingerprint density at radius 1 is 1.00 bits per heavy atom. The lowest BCUT2D eigenvalue weighted by atomic mass is 9.88. The van der Waals surface area contributed by atoms with Gasteiger partial charge in [-0.3, -0.25) is 14.6 Å². The van der Waals surface area contributed by atoms with Gasteiger partial charge >= 0.3 is 5.97 Å². The summed E-state index contributed by atoms with van der Waals surface area (Å²) in [5, 5.41) is 17.6. The molecular formula is C31H28N3O7-. The average Bonchev–Trinajstić information content (AvgIpc) is 3.25. The number of aromatic carboxylic acids is 1. The molecule has 2 aromatic rings. The minimum Gasteiger partial charge on any atom is -0.545 e. The number of nitrogens with zero attached hydrogens (tertiary/aromatic N) is 2. The first-order valence-electron chi connectivity index (χ1n) is 13.3. The van der Waals surface area contributed by atoms with E-state index in [1.165, 1.54) is 12.1 Å². The van der Waals surface area contributed by atoms with Crippen LogP contribution in [0.15, 0.2) is 51.9 Å². The number of nitrogens with one attached hydrogen (secondary N) is 1. The third-order valence-electron chi connectivity index (χ3n) is 7.00. The van der Waals surface area contributed by atoms with Crippen LogP contribution in [-0.4, -0.2) is 41.9 Å². The minimum absolute atomic E-state index is 0.0594. The van der Waals surface area contributed by atoms with Crippen molar-refractivity contribution in [1.29, 1.82) is 0 Å². The molecule has 10 nitrogen and oxygen atoms in total. The van der Waals surface area contributed by atoms with E-state index in [-0.39, 0.29) is 24.0 Å². The van der Waals surface area contributed by atoms with E-state index in [1.807, 2.05) is 52.0 Å². The first-order chi connectivity index (χ1) is 19.6. The van der Waals surface area contributed by atoms with Crippen LogP contribution in [0.5, 0.6) is 0 Å². The molecule has 0 bridgehead atoms. The van der Waals surface area contributed by atoms with E-state index in [2.05, 4.69) is 10.3 Å². The zero-order valence-electron chi connectivity index (χ0n) is 23.1. The predicted molar refractivity (Wildman–Crippen MR) is 149 cm³/mol. The molecule has 0 unspecified atom stereocenters.